The number of amides is 3. The summed E-state index contributed by atoms with van der Waals surface area (Å²) in [6.45, 7) is 2.03. The van der Waals surface area contributed by atoms with E-state index in [2.05, 4.69) is 5.32 Å². The Hall–Kier alpha value is -2.32. The van der Waals surface area contributed by atoms with Gasteiger partial charge < -0.3 is 25.0 Å². The van der Waals surface area contributed by atoms with Gasteiger partial charge in [-0.05, 0) is 6.92 Å². The fraction of sp³-hybridized carbons (Fsp3) is 0.667. The normalized spacial score (nSPS) is 17.9. The van der Waals surface area contributed by atoms with E-state index in [1.54, 1.807) is 6.92 Å². The van der Waals surface area contributed by atoms with Gasteiger partial charge in [0.2, 0.25) is 5.91 Å². The van der Waals surface area contributed by atoms with Gasteiger partial charge in [0.15, 0.2) is 0 Å². The Morgan fingerprint density at radius 3 is 2.71 bits per heavy atom. The van der Waals surface area contributed by atoms with E-state index >= 15 is 0 Å². The second-order valence-corrected chi connectivity index (χ2v) is 4.54. The van der Waals surface area contributed by atoms with E-state index in [0.29, 0.717) is 0 Å². The molecule has 0 bridgehead atoms. The van der Waals surface area contributed by atoms with Gasteiger partial charge in [-0.1, -0.05) is 0 Å². The van der Waals surface area contributed by atoms with Crippen LogP contribution in [0.3, 0.4) is 0 Å². The number of nitrogens with one attached hydrogen (secondary N) is 1. The average Bonchev–Trinajstić information content (AvgIpc) is 2.40. The molecule has 0 aromatic heterocycles. The number of hydrogen-bond donors (Lipinski definition) is 2. The van der Waals surface area contributed by atoms with Crippen molar-refractivity contribution in [2.45, 2.75) is 19.4 Å². The molecule has 1 rings (SSSR count). The molecule has 1 aliphatic rings. The molecule has 21 heavy (non-hydrogen) atoms. The van der Waals surface area contributed by atoms with Gasteiger partial charge in [0.25, 0.3) is 0 Å². The summed E-state index contributed by atoms with van der Waals surface area (Å²) >= 11 is 0. The second-order valence-electron chi connectivity index (χ2n) is 4.54. The highest BCUT2D eigenvalue weighted by atomic mass is 16.5. The van der Waals surface area contributed by atoms with Crippen molar-refractivity contribution in [2.75, 3.05) is 33.3 Å². The molecule has 1 heterocycles. The number of piperazine rings is 1. The summed E-state index contributed by atoms with van der Waals surface area (Å²) in [6, 6.07) is -1.66. The minimum Gasteiger partial charge on any atom is -0.481 e. The van der Waals surface area contributed by atoms with Gasteiger partial charge >= 0.3 is 18.0 Å². The van der Waals surface area contributed by atoms with Crippen LogP contribution in [-0.4, -0.2) is 78.1 Å². The van der Waals surface area contributed by atoms with Crippen LogP contribution >= 0.6 is 0 Å². The molecule has 0 aromatic rings. The summed E-state index contributed by atoms with van der Waals surface area (Å²) in [6.07, 6.45) is -0.481. The lowest BCUT2D eigenvalue weighted by molar-refractivity contribution is -0.144. The molecule has 118 valence electrons. The summed E-state index contributed by atoms with van der Waals surface area (Å²) in [5.74, 6) is -2.26. The van der Waals surface area contributed by atoms with E-state index in [0.717, 1.165) is 9.80 Å². The molecule has 1 atom stereocenters. The zero-order valence-electron chi connectivity index (χ0n) is 12.0. The number of carboxylic acids is 1. The van der Waals surface area contributed by atoms with E-state index in [1.165, 1.54) is 7.05 Å². The van der Waals surface area contributed by atoms with Crippen molar-refractivity contribution in [1.82, 2.24) is 15.1 Å². The standard InChI is InChI=1S/C12H19N3O6/c1-3-21-10(18)7-14(2)12(20)15-5-4-13-11(19)8(15)6-9(16)17/h8H,3-7H2,1-2H3,(H,13,19)(H,16,17). The molecule has 0 spiro atoms. The Balaban J connectivity index is 2.74. The molecule has 0 saturated carbocycles. The molecular formula is C12H19N3O6. The van der Waals surface area contributed by atoms with Gasteiger partial charge in [0.05, 0.1) is 13.0 Å². The van der Waals surface area contributed by atoms with Crippen LogP contribution in [0.5, 0.6) is 0 Å². The molecule has 1 aliphatic heterocycles. The van der Waals surface area contributed by atoms with Crippen molar-refractivity contribution >= 4 is 23.9 Å². The largest absolute Gasteiger partial charge is 0.481 e. The lowest BCUT2D eigenvalue weighted by atomic mass is 10.1. The number of likely N-dealkylation sites (N-methyl/N-ethyl adjacent to an activating group) is 1. The Labute approximate surface area is 121 Å². The van der Waals surface area contributed by atoms with Crippen LogP contribution in [0.4, 0.5) is 4.79 Å². The smallest absolute Gasteiger partial charge is 0.325 e. The maximum Gasteiger partial charge on any atom is 0.325 e. The number of carbonyl (C=O) groups excluding carboxylic acids is 3. The summed E-state index contributed by atoms with van der Waals surface area (Å²) in [5, 5.41) is 11.3. The predicted molar refractivity (Wildman–Crippen MR) is 70.4 cm³/mol. The number of urea groups is 1. The van der Waals surface area contributed by atoms with Crippen molar-refractivity contribution in [3.8, 4) is 0 Å². The van der Waals surface area contributed by atoms with Gasteiger partial charge in [-0.25, -0.2) is 4.79 Å². The average molecular weight is 301 g/mol. The van der Waals surface area contributed by atoms with Crippen molar-refractivity contribution in [3.63, 3.8) is 0 Å². The Morgan fingerprint density at radius 2 is 2.14 bits per heavy atom. The van der Waals surface area contributed by atoms with Crippen LogP contribution in [-0.2, 0) is 19.1 Å². The van der Waals surface area contributed by atoms with Crippen LogP contribution in [0.1, 0.15) is 13.3 Å². The Bertz CT molecular complexity index is 439. The quantitative estimate of drug-likeness (QED) is 0.621. The number of carboxylic acid groups (broad SMARTS) is 1. The molecule has 9 nitrogen and oxygen atoms in total. The molecule has 2 N–H and O–H groups in total. The highest BCUT2D eigenvalue weighted by molar-refractivity contribution is 5.91. The number of ether oxygens (including phenoxy) is 1. The minimum atomic E-state index is -1.18. The monoisotopic (exact) mass is 301 g/mol. The van der Waals surface area contributed by atoms with E-state index in [4.69, 9.17) is 9.84 Å². The van der Waals surface area contributed by atoms with Crippen LogP contribution < -0.4 is 5.32 Å². The van der Waals surface area contributed by atoms with E-state index in [9.17, 15) is 19.2 Å². The van der Waals surface area contributed by atoms with Crippen LogP contribution in [0.15, 0.2) is 0 Å². The third kappa shape index (κ3) is 4.62. The molecule has 1 unspecified atom stereocenters. The minimum absolute atomic E-state index is 0.190. The third-order valence-corrected chi connectivity index (χ3v) is 2.94. The van der Waals surface area contributed by atoms with Gasteiger partial charge in [0.1, 0.15) is 12.6 Å². The van der Waals surface area contributed by atoms with Crippen molar-refractivity contribution in [1.29, 1.82) is 0 Å². The van der Waals surface area contributed by atoms with Gasteiger partial charge in [-0.3, -0.25) is 14.4 Å². The SMILES string of the molecule is CCOC(=O)CN(C)C(=O)N1CCNC(=O)C1CC(=O)O. The number of rotatable bonds is 5. The van der Waals surface area contributed by atoms with E-state index in [-0.39, 0.29) is 26.2 Å². The van der Waals surface area contributed by atoms with Crippen molar-refractivity contribution in [2.24, 2.45) is 0 Å². The predicted octanol–water partition coefficient (Wildman–Crippen LogP) is -1.12. The maximum atomic E-state index is 12.2. The maximum absolute atomic E-state index is 12.2. The first kappa shape index (κ1) is 16.7. The number of esters is 1. The fourth-order valence-electron chi connectivity index (χ4n) is 2.00. The first-order valence-electron chi connectivity index (χ1n) is 6.53. The molecule has 0 radical (unpaired) electrons. The highest BCUT2D eigenvalue weighted by Crippen LogP contribution is 2.11. The second kappa shape index (κ2) is 7.46. The van der Waals surface area contributed by atoms with Crippen LogP contribution in [0.25, 0.3) is 0 Å². The molecule has 0 aromatic carbocycles. The lowest BCUT2D eigenvalue weighted by Gasteiger charge is -2.36. The van der Waals surface area contributed by atoms with Gasteiger partial charge in [0, 0.05) is 20.1 Å². The fourth-order valence-corrected chi connectivity index (χ4v) is 2.00. The molecule has 0 aliphatic carbocycles. The first-order valence-corrected chi connectivity index (χ1v) is 6.53. The zero-order chi connectivity index (χ0) is 16.0. The zero-order valence-corrected chi connectivity index (χ0v) is 12.0. The lowest BCUT2D eigenvalue weighted by Crippen LogP contribution is -2.60. The topological polar surface area (TPSA) is 116 Å². The molecule has 9 heteroatoms. The summed E-state index contributed by atoms with van der Waals surface area (Å²) < 4.78 is 4.74. The summed E-state index contributed by atoms with van der Waals surface area (Å²) in [4.78, 5) is 48.4. The third-order valence-electron chi connectivity index (χ3n) is 2.94. The van der Waals surface area contributed by atoms with Gasteiger partial charge in [-0.2, -0.15) is 0 Å². The van der Waals surface area contributed by atoms with E-state index in [1.807, 2.05) is 0 Å². The molecular weight excluding hydrogens is 282 g/mol. The van der Waals surface area contributed by atoms with Crippen LogP contribution in [0.2, 0.25) is 0 Å². The number of hydrogen-bond acceptors (Lipinski definition) is 5. The number of aliphatic carboxylic acids is 1. The summed E-state index contributed by atoms with van der Waals surface area (Å²) in [7, 11) is 1.39. The first-order chi connectivity index (χ1) is 9.86. The van der Waals surface area contributed by atoms with Crippen LogP contribution in [0, 0.1) is 0 Å². The highest BCUT2D eigenvalue weighted by Gasteiger charge is 2.36. The van der Waals surface area contributed by atoms with E-state index < -0.39 is 36.3 Å². The Kier molecular flexibility index (Phi) is 5.94. The van der Waals surface area contributed by atoms with Gasteiger partial charge in [-0.15, -0.1) is 0 Å². The van der Waals surface area contributed by atoms with Crippen molar-refractivity contribution < 1.29 is 29.0 Å². The number of nitrogens with zero attached hydrogens (tertiary/aromatic N) is 2. The number of carbonyl (C=O) groups is 4. The molecule has 1 fully saturated rings. The van der Waals surface area contributed by atoms with Crippen molar-refractivity contribution in [3.05, 3.63) is 0 Å². The molecule has 3 amide bonds. The Morgan fingerprint density at radius 1 is 1.48 bits per heavy atom. The molecule has 1 saturated heterocycles. The summed E-state index contributed by atoms with van der Waals surface area (Å²) in [5.41, 5.74) is 0.